The van der Waals surface area contributed by atoms with Gasteiger partial charge in [-0.2, -0.15) is 0 Å². The monoisotopic (exact) mass is 480 g/mol. The molecule has 0 fully saturated rings. The van der Waals surface area contributed by atoms with E-state index in [4.69, 9.17) is 0 Å². The van der Waals surface area contributed by atoms with Crippen molar-refractivity contribution in [1.29, 1.82) is 0 Å². The Labute approximate surface area is 165 Å². The maximum absolute atomic E-state index is 12.4. The van der Waals surface area contributed by atoms with E-state index in [-0.39, 0.29) is 17.7 Å². The second-order valence-corrected chi connectivity index (χ2v) is 9.70. The van der Waals surface area contributed by atoms with E-state index < -0.39 is 0 Å². The van der Waals surface area contributed by atoms with Gasteiger partial charge in [0, 0.05) is 41.1 Å². The van der Waals surface area contributed by atoms with Crippen molar-refractivity contribution in [2.75, 3.05) is 0 Å². The number of carbonyl (C=O) groups excluding carboxylic acids is 2. The van der Waals surface area contributed by atoms with Crippen molar-refractivity contribution in [3.05, 3.63) is 54.7 Å². The third-order valence-corrected chi connectivity index (χ3v) is 7.08. The summed E-state index contributed by atoms with van der Waals surface area (Å²) in [4.78, 5) is 27.8. The number of aryl methyl sites for hydroxylation is 1. The fraction of sp³-hybridized carbons (Fsp3) is 0.222. The van der Waals surface area contributed by atoms with Gasteiger partial charge in [-0.15, -0.1) is 11.3 Å². The highest BCUT2D eigenvalue weighted by Crippen LogP contribution is 2.46. The fourth-order valence-corrected chi connectivity index (χ4v) is 6.70. The molecule has 0 saturated carbocycles. The van der Waals surface area contributed by atoms with Crippen LogP contribution in [0.25, 0.3) is 10.9 Å². The quantitative estimate of drug-likeness (QED) is 0.542. The van der Waals surface area contributed by atoms with E-state index in [9.17, 15) is 9.59 Å². The zero-order valence-corrected chi connectivity index (χ0v) is 17.1. The van der Waals surface area contributed by atoms with Crippen molar-refractivity contribution in [1.82, 2.24) is 10.3 Å². The van der Waals surface area contributed by atoms with Crippen molar-refractivity contribution in [3.63, 3.8) is 0 Å². The molecule has 1 atom stereocenters. The van der Waals surface area contributed by atoms with Crippen LogP contribution in [-0.4, -0.2) is 16.7 Å². The average Bonchev–Trinajstić information content (AvgIpc) is 3.22. The number of para-hydroxylation sites is 1. The number of ketones is 1. The summed E-state index contributed by atoms with van der Waals surface area (Å²) >= 11 is 8.41. The van der Waals surface area contributed by atoms with Gasteiger partial charge < -0.3 is 10.3 Å². The molecule has 1 aromatic carbocycles. The normalized spacial score (nSPS) is 16.4. The van der Waals surface area contributed by atoms with Gasteiger partial charge in [0.05, 0.1) is 13.6 Å². The lowest BCUT2D eigenvalue weighted by molar-refractivity contribution is -0.121. The molecular formula is C18H14Br2N2O2S. The van der Waals surface area contributed by atoms with E-state index in [0.717, 1.165) is 29.6 Å². The molecule has 7 heteroatoms. The lowest BCUT2D eigenvalue weighted by Crippen LogP contribution is -2.27. The summed E-state index contributed by atoms with van der Waals surface area (Å²) in [6, 6.07) is 7.82. The second-order valence-electron chi connectivity index (χ2n) is 6.05. The SMILES string of the molecule is O=C(CCc1c[nH]c2ccccc12)NC1CC(=O)c2c(Br)sc(Br)c21. The molecule has 2 aromatic heterocycles. The van der Waals surface area contributed by atoms with E-state index in [1.165, 1.54) is 11.3 Å². The van der Waals surface area contributed by atoms with Gasteiger partial charge in [-0.1, -0.05) is 18.2 Å². The number of hydrogen-bond acceptors (Lipinski definition) is 3. The molecule has 0 bridgehead atoms. The Morgan fingerprint density at radius 1 is 1.28 bits per heavy atom. The average molecular weight is 482 g/mol. The number of aromatic nitrogens is 1. The largest absolute Gasteiger partial charge is 0.361 e. The smallest absolute Gasteiger partial charge is 0.220 e. The number of rotatable bonds is 4. The summed E-state index contributed by atoms with van der Waals surface area (Å²) < 4.78 is 1.73. The first kappa shape index (κ1) is 17.0. The summed E-state index contributed by atoms with van der Waals surface area (Å²) in [6.45, 7) is 0. The van der Waals surface area contributed by atoms with Gasteiger partial charge in [-0.3, -0.25) is 9.59 Å². The van der Waals surface area contributed by atoms with Gasteiger partial charge in [-0.05, 0) is 49.9 Å². The van der Waals surface area contributed by atoms with Crippen LogP contribution < -0.4 is 5.32 Å². The topological polar surface area (TPSA) is 62.0 Å². The molecule has 25 heavy (non-hydrogen) atoms. The minimum absolute atomic E-state index is 0.0369. The molecule has 4 rings (SSSR count). The Kier molecular flexibility index (Phi) is 4.56. The first-order valence-corrected chi connectivity index (χ1v) is 10.3. The Bertz CT molecular complexity index is 992. The van der Waals surface area contributed by atoms with Crippen LogP contribution in [-0.2, 0) is 11.2 Å². The number of fused-ring (bicyclic) bond motifs is 2. The second kappa shape index (κ2) is 6.70. The van der Waals surface area contributed by atoms with Crippen LogP contribution in [0.4, 0.5) is 0 Å². The lowest BCUT2D eigenvalue weighted by atomic mass is 10.1. The standard InChI is InChI=1S/C18H14Br2N2O2S/c19-17-15-12(7-13(23)16(15)18(20)25-17)22-14(24)6-5-9-8-21-11-4-2-1-3-10(9)11/h1-4,8,12,21H,5-7H2,(H,22,24). The van der Waals surface area contributed by atoms with E-state index >= 15 is 0 Å². The number of halogens is 2. The number of nitrogens with one attached hydrogen (secondary N) is 2. The summed E-state index contributed by atoms with van der Waals surface area (Å²) in [5.74, 6) is 0.0379. The highest BCUT2D eigenvalue weighted by atomic mass is 79.9. The lowest BCUT2D eigenvalue weighted by Gasteiger charge is -2.13. The molecular weight excluding hydrogens is 468 g/mol. The van der Waals surface area contributed by atoms with Crippen molar-refractivity contribution in [3.8, 4) is 0 Å². The molecule has 0 radical (unpaired) electrons. The Hall–Kier alpha value is -1.44. The molecule has 0 saturated heterocycles. The van der Waals surface area contributed by atoms with Gasteiger partial charge in [0.15, 0.2) is 5.78 Å². The van der Waals surface area contributed by atoms with E-state index in [2.05, 4.69) is 48.2 Å². The molecule has 0 spiro atoms. The zero-order chi connectivity index (χ0) is 17.6. The maximum Gasteiger partial charge on any atom is 0.220 e. The number of H-pyrrole nitrogens is 1. The predicted octanol–water partition coefficient (Wildman–Crippen LogP) is 5.13. The number of benzene rings is 1. The highest BCUT2D eigenvalue weighted by Gasteiger charge is 2.36. The van der Waals surface area contributed by atoms with Crippen LogP contribution in [0.5, 0.6) is 0 Å². The van der Waals surface area contributed by atoms with Gasteiger partial charge >= 0.3 is 0 Å². The third-order valence-electron chi connectivity index (χ3n) is 4.51. The Balaban J connectivity index is 1.44. The van der Waals surface area contributed by atoms with E-state index in [1.54, 1.807) is 0 Å². The number of amides is 1. The molecule has 4 nitrogen and oxygen atoms in total. The van der Waals surface area contributed by atoms with Crippen LogP contribution in [0.15, 0.2) is 38.0 Å². The number of aromatic amines is 1. The molecule has 1 aliphatic carbocycles. The van der Waals surface area contributed by atoms with Crippen LogP contribution in [0.1, 0.15) is 40.4 Å². The number of thiophene rings is 1. The molecule has 1 amide bonds. The minimum Gasteiger partial charge on any atom is -0.361 e. The zero-order valence-electron chi connectivity index (χ0n) is 13.1. The number of Topliss-reactive ketones (excluding diaryl/α,β-unsaturated/α-hetero) is 1. The molecule has 3 aromatic rings. The molecule has 2 heterocycles. The highest BCUT2D eigenvalue weighted by molar-refractivity contribution is 9.12. The summed E-state index contributed by atoms with van der Waals surface area (Å²) in [5.41, 5.74) is 3.82. The Morgan fingerprint density at radius 3 is 2.92 bits per heavy atom. The Morgan fingerprint density at radius 2 is 2.08 bits per heavy atom. The number of hydrogen-bond donors (Lipinski definition) is 2. The van der Waals surface area contributed by atoms with Crippen molar-refractivity contribution in [2.45, 2.75) is 25.3 Å². The van der Waals surface area contributed by atoms with Crippen LogP contribution in [0, 0.1) is 0 Å². The van der Waals surface area contributed by atoms with Crippen LogP contribution >= 0.6 is 43.2 Å². The number of carbonyl (C=O) groups is 2. The molecule has 1 aliphatic rings. The third kappa shape index (κ3) is 3.09. The molecule has 128 valence electrons. The molecule has 2 N–H and O–H groups in total. The first-order valence-electron chi connectivity index (χ1n) is 7.90. The van der Waals surface area contributed by atoms with Crippen LogP contribution in [0.3, 0.4) is 0 Å². The van der Waals surface area contributed by atoms with Crippen molar-refractivity contribution < 1.29 is 9.59 Å². The fourth-order valence-electron chi connectivity index (χ4n) is 3.33. The maximum atomic E-state index is 12.4. The predicted molar refractivity (Wildman–Crippen MR) is 106 cm³/mol. The molecule has 0 aliphatic heterocycles. The van der Waals surface area contributed by atoms with Gasteiger partial charge in [0.25, 0.3) is 0 Å². The van der Waals surface area contributed by atoms with Gasteiger partial charge in [0.1, 0.15) is 0 Å². The van der Waals surface area contributed by atoms with Crippen molar-refractivity contribution in [2.24, 2.45) is 0 Å². The van der Waals surface area contributed by atoms with E-state index in [1.807, 2.05) is 24.4 Å². The van der Waals surface area contributed by atoms with E-state index in [0.29, 0.717) is 24.8 Å². The molecule has 1 unspecified atom stereocenters. The summed E-state index contributed by atoms with van der Waals surface area (Å²) in [7, 11) is 0. The van der Waals surface area contributed by atoms with Gasteiger partial charge in [-0.25, -0.2) is 0 Å². The minimum atomic E-state index is -0.241. The summed E-state index contributed by atoms with van der Waals surface area (Å²) in [6.07, 6.45) is 3.35. The van der Waals surface area contributed by atoms with Crippen LogP contribution in [0.2, 0.25) is 0 Å². The van der Waals surface area contributed by atoms with Crippen molar-refractivity contribution >= 4 is 65.8 Å². The summed E-state index contributed by atoms with van der Waals surface area (Å²) in [5, 5.41) is 4.17. The first-order chi connectivity index (χ1) is 12.0. The van der Waals surface area contributed by atoms with Gasteiger partial charge in [0.2, 0.25) is 5.91 Å².